The van der Waals surface area contributed by atoms with Gasteiger partial charge in [-0.25, -0.2) is 0 Å². The van der Waals surface area contributed by atoms with Crippen LogP contribution in [0.25, 0.3) is 0 Å². The minimum Gasteiger partial charge on any atom is -0.481 e. The predicted molar refractivity (Wildman–Crippen MR) is 78.3 cm³/mol. The number of carbonyl (C=O) groups is 2. The molecule has 19 heavy (non-hydrogen) atoms. The fraction of sp³-hybridized carbons (Fsp3) is 0.857. The zero-order valence-electron chi connectivity index (χ0n) is 12.1. The van der Waals surface area contributed by atoms with E-state index in [1.165, 1.54) is 18.2 Å². The van der Waals surface area contributed by atoms with Gasteiger partial charge in [0, 0.05) is 18.2 Å². The van der Waals surface area contributed by atoms with Gasteiger partial charge in [0.2, 0.25) is 5.91 Å². The topological polar surface area (TPSA) is 66.4 Å². The van der Waals surface area contributed by atoms with Crippen LogP contribution >= 0.6 is 11.8 Å². The van der Waals surface area contributed by atoms with E-state index in [-0.39, 0.29) is 23.0 Å². The molecule has 0 aromatic heterocycles. The fourth-order valence-electron chi connectivity index (χ4n) is 3.10. The van der Waals surface area contributed by atoms with Crippen molar-refractivity contribution in [3.8, 4) is 0 Å². The van der Waals surface area contributed by atoms with Gasteiger partial charge in [0.25, 0.3) is 0 Å². The SMILES string of the molecule is CC1CC(C(=O)NCCSCC(=O)O)CC(C)(C)C1. The Balaban J connectivity index is 2.27. The molecule has 1 aliphatic rings. The molecule has 0 spiro atoms. The predicted octanol–water partition coefficient (Wildman–Crippen LogP) is 2.38. The Labute approximate surface area is 119 Å². The second kappa shape index (κ2) is 7.17. The first-order valence-electron chi connectivity index (χ1n) is 6.87. The molecule has 2 N–H and O–H groups in total. The van der Waals surface area contributed by atoms with Crippen LogP contribution < -0.4 is 5.32 Å². The zero-order valence-corrected chi connectivity index (χ0v) is 12.9. The third-order valence-electron chi connectivity index (χ3n) is 3.53. The van der Waals surface area contributed by atoms with Crippen molar-refractivity contribution in [3.05, 3.63) is 0 Å². The van der Waals surface area contributed by atoms with Gasteiger partial charge in [0.05, 0.1) is 5.75 Å². The van der Waals surface area contributed by atoms with Crippen LogP contribution in [0.5, 0.6) is 0 Å². The number of hydrogen-bond donors (Lipinski definition) is 2. The van der Waals surface area contributed by atoms with Crippen LogP contribution in [-0.2, 0) is 9.59 Å². The Kier molecular flexibility index (Phi) is 6.17. The monoisotopic (exact) mass is 287 g/mol. The highest BCUT2D eigenvalue weighted by molar-refractivity contribution is 7.99. The van der Waals surface area contributed by atoms with Gasteiger partial charge in [0.1, 0.15) is 0 Å². The van der Waals surface area contributed by atoms with Crippen molar-refractivity contribution in [1.29, 1.82) is 0 Å². The molecule has 2 atom stereocenters. The molecule has 1 aliphatic carbocycles. The maximum absolute atomic E-state index is 12.1. The van der Waals surface area contributed by atoms with Gasteiger partial charge in [-0.15, -0.1) is 11.8 Å². The largest absolute Gasteiger partial charge is 0.481 e. The molecule has 1 fully saturated rings. The standard InChI is InChI=1S/C14H25NO3S/c1-10-6-11(8-14(2,3)7-10)13(18)15-4-5-19-9-12(16)17/h10-11H,4-9H2,1-3H3,(H,15,18)(H,16,17). The summed E-state index contributed by atoms with van der Waals surface area (Å²) in [7, 11) is 0. The normalized spacial score (nSPS) is 25.8. The highest BCUT2D eigenvalue weighted by Gasteiger charge is 2.35. The number of amides is 1. The fourth-order valence-corrected chi connectivity index (χ4v) is 3.66. The van der Waals surface area contributed by atoms with Crippen molar-refractivity contribution in [1.82, 2.24) is 5.32 Å². The van der Waals surface area contributed by atoms with Crippen molar-refractivity contribution in [2.24, 2.45) is 17.3 Å². The highest BCUT2D eigenvalue weighted by atomic mass is 32.2. The molecule has 1 saturated carbocycles. The van der Waals surface area contributed by atoms with Crippen molar-refractivity contribution in [2.45, 2.75) is 40.0 Å². The molecule has 5 heteroatoms. The molecule has 1 rings (SSSR count). The molecule has 0 bridgehead atoms. The third-order valence-corrected chi connectivity index (χ3v) is 4.47. The van der Waals surface area contributed by atoms with Crippen molar-refractivity contribution in [2.75, 3.05) is 18.1 Å². The van der Waals surface area contributed by atoms with Crippen molar-refractivity contribution in [3.63, 3.8) is 0 Å². The number of carboxylic acids is 1. The van der Waals surface area contributed by atoms with E-state index >= 15 is 0 Å². The highest BCUT2D eigenvalue weighted by Crippen LogP contribution is 2.41. The van der Waals surface area contributed by atoms with Gasteiger partial charge in [-0.3, -0.25) is 9.59 Å². The van der Waals surface area contributed by atoms with Gasteiger partial charge in [0.15, 0.2) is 0 Å². The van der Waals surface area contributed by atoms with E-state index < -0.39 is 5.97 Å². The van der Waals surface area contributed by atoms with E-state index in [0.29, 0.717) is 18.2 Å². The average Bonchev–Trinajstić information content (AvgIpc) is 2.25. The molecular weight excluding hydrogens is 262 g/mol. The molecule has 2 unspecified atom stereocenters. The molecule has 1 amide bonds. The van der Waals surface area contributed by atoms with Gasteiger partial charge >= 0.3 is 5.97 Å². The Hall–Kier alpha value is -0.710. The van der Waals surface area contributed by atoms with Crippen LogP contribution in [0, 0.1) is 17.3 Å². The Morgan fingerprint density at radius 3 is 2.63 bits per heavy atom. The number of hydrogen-bond acceptors (Lipinski definition) is 3. The molecular formula is C14H25NO3S. The number of aliphatic carboxylic acids is 1. The molecule has 4 nitrogen and oxygen atoms in total. The second-order valence-corrected chi connectivity index (χ2v) is 7.45. The van der Waals surface area contributed by atoms with Crippen LogP contribution in [-0.4, -0.2) is 35.0 Å². The van der Waals surface area contributed by atoms with Crippen molar-refractivity contribution < 1.29 is 14.7 Å². The number of carboxylic acid groups (broad SMARTS) is 1. The van der Waals surface area contributed by atoms with Gasteiger partial charge in [-0.2, -0.15) is 0 Å². The first-order chi connectivity index (χ1) is 8.80. The molecule has 110 valence electrons. The van der Waals surface area contributed by atoms with E-state index in [4.69, 9.17) is 5.11 Å². The zero-order chi connectivity index (χ0) is 14.5. The molecule has 0 radical (unpaired) electrons. The van der Waals surface area contributed by atoms with Gasteiger partial charge in [-0.05, 0) is 30.6 Å². The van der Waals surface area contributed by atoms with Crippen LogP contribution in [0.15, 0.2) is 0 Å². The van der Waals surface area contributed by atoms with Gasteiger partial charge in [-0.1, -0.05) is 20.8 Å². The summed E-state index contributed by atoms with van der Waals surface area (Å²) in [4.78, 5) is 22.4. The summed E-state index contributed by atoms with van der Waals surface area (Å²) in [6.07, 6.45) is 3.11. The molecule has 0 aromatic carbocycles. The third kappa shape index (κ3) is 6.32. The lowest BCUT2D eigenvalue weighted by molar-refractivity contribution is -0.134. The van der Waals surface area contributed by atoms with Crippen LogP contribution in [0.1, 0.15) is 40.0 Å². The summed E-state index contributed by atoms with van der Waals surface area (Å²) in [5.41, 5.74) is 0.248. The van der Waals surface area contributed by atoms with E-state index in [2.05, 4.69) is 26.1 Å². The summed E-state index contributed by atoms with van der Waals surface area (Å²) in [5, 5.41) is 11.4. The number of thioether (sulfide) groups is 1. The number of rotatable bonds is 6. The van der Waals surface area contributed by atoms with Crippen LogP contribution in [0.4, 0.5) is 0 Å². The summed E-state index contributed by atoms with van der Waals surface area (Å²) in [6, 6.07) is 0. The first kappa shape index (κ1) is 16.3. The number of carbonyl (C=O) groups excluding carboxylic acids is 1. The average molecular weight is 287 g/mol. The lowest BCUT2D eigenvalue weighted by Crippen LogP contribution is -2.39. The molecule has 0 aliphatic heterocycles. The maximum atomic E-state index is 12.1. The minimum atomic E-state index is -0.806. The molecule has 0 aromatic rings. The van der Waals surface area contributed by atoms with Gasteiger partial charge < -0.3 is 10.4 Å². The minimum absolute atomic E-state index is 0.101. The summed E-state index contributed by atoms with van der Waals surface area (Å²) in [6.45, 7) is 7.23. The van der Waals surface area contributed by atoms with E-state index in [1.807, 2.05) is 0 Å². The first-order valence-corrected chi connectivity index (χ1v) is 8.03. The van der Waals surface area contributed by atoms with Crippen molar-refractivity contribution >= 4 is 23.6 Å². The smallest absolute Gasteiger partial charge is 0.313 e. The maximum Gasteiger partial charge on any atom is 0.313 e. The van der Waals surface area contributed by atoms with Crippen LogP contribution in [0.3, 0.4) is 0 Å². The molecule has 0 heterocycles. The van der Waals surface area contributed by atoms with E-state index in [1.54, 1.807) is 0 Å². The van der Waals surface area contributed by atoms with E-state index in [9.17, 15) is 9.59 Å². The molecule has 0 saturated heterocycles. The lowest BCUT2D eigenvalue weighted by atomic mass is 9.68. The number of nitrogens with one attached hydrogen (secondary N) is 1. The lowest BCUT2D eigenvalue weighted by Gasteiger charge is -2.38. The van der Waals surface area contributed by atoms with Crippen LogP contribution in [0.2, 0.25) is 0 Å². The summed E-state index contributed by atoms with van der Waals surface area (Å²) >= 11 is 1.34. The summed E-state index contributed by atoms with van der Waals surface area (Å²) < 4.78 is 0. The Morgan fingerprint density at radius 1 is 1.37 bits per heavy atom. The Morgan fingerprint density at radius 2 is 2.05 bits per heavy atom. The Bertz CT molecular complexity index is 331. The second-order valence-electron chi connectivity index (χ2n) is 6.35. The van der Waals surface area contributed by atoms with E-state index in [0.717, 1.165) is 12.8 Å². The quantitative estimate of drug-likeness (QED) is 0.736. The summed E-state index contributed by atoms with van der Waals surface area (Å²) in [5.74, 6) is 0.798.